The summed E-state index contributed by atoms with van der Waals surface area (Å²) < 4.78 is 5.08. The minimum Gasteiger partial charge on any atom is -0.445 e. The van der Waals surface area contributed by atoms with Crippen molar-refractivity contribution >= 4 is 12.0 Å². The third-order valence-corrected chi connectivity index (χ3v) is 3.31. The van der Waals surface area contributed by atoms with Crippen molar-refractivity contribution in [2.45, 2.75) is 32.4 Å². The van der Waals surface area contributed by atoms with Gasteiger partial charge in [-0.05, 0) is 25.3 Å². The van der Waals surface area contributed by atoms with Crippen LogP contribution in [0.25, 0.3) is 0 Å². The van der Waals surface area contributed by atoms with Gasteiger partial charge in [0.25, 0.3) is 5.91 Å². The molecule has 1 fully saturated rings. The molecule has 1 heterocycles. The van der Waals surface area contributed by atoms with Crippen LogP contribution < -0.4 is 10.7 Å². The van der Waals surface area contributed by atoms with E-state index in [0.717, 1.165) is 31.5 Å². The Bertz CT molecular complexity index is 472. The van der Waals surface area contributed by atoms with E-state index in [-0.39, 0.29) is 12.5 Å². The van der Waals surface area contributed by atoms with Gasteiger partial charge in [-0.2, -0.15) is 0 Å². The molecule has 0 unspecified atom stereocenters. The predicted molar refractivity (Wildman–Crippen MR) is 78.2 cm³/mol. The lowest BCUT2D eigenvalue weighted by Gasteiger charge is -2.20. The second kappa shape index (κ2) is 7.64. The van der Waals surface area contributed by atoms with Gasteiger partial charge in [-0.15, -0.1) is 0 Å². The first-order chi connectivity index (χ1) is 10.1. The molecule has 0 spiro atoms. The molecule has 1 aliphatic heterocycles. The summed E-state index contributed by atoms with van der Waals surface area (Å²) in [6, 6.07) is 8.77. The number of hydrogen-bond donors (Lipinski definition) is 2. The Morgan fingerprint density at radius 3 is 2.57 bits per heavy atom. The largest absolute Gasteiger partial charge is 0.445 e. The Morgan fingerprint density at radius 1 is 1.24 bits per heavy atom. The van der Waals surface area contributed by atoms with Gasteiger partial charge < -0.3 is 10.1 Å². The van der Waals surface area contributed by atoms with E-state index in [1.807, 2.05) is 35.3 Å². The van der Waals surface area contributed by atoms with Crippen LogP contribution in [0.3, 0.4) is 0 Å². The standard InChI is InChI=1S/C15H21N3O3/c1-12(14(19)17-18-9-5-6-10-18)16-15(20)21-11-13-7-3-2-4-8-13/h2-4,7-8,12H,5-6,9-11H2,1H3,(H,16,20)(H,17,19)/t12-/m0/s1. The van der Waals surface area contributed by atoms with E-state index in [2.05, 4.69) is 10.7 Å². The highest BCUT2D eigenvalue weighted by atomic mass is 16.5. The first-order valence-corrected chi connectivity index (χ1v) is 7.18. The number of nitrogens with one attached hydrogen (secondary N) is 2. The summed E-state index contributed by atoms with van der Waals surface area (Å²) in [4.78, 5) is 23.5. The van der Waals surface area contributed by atoms with E-state index in [1.54, 1.807) is 6.92 Å². The van der Waals surface area contributed by atoms with Crippen LogP contribution >= 0.6 is 0 Å². The van der Waals surface area contributed by atoms with Crippen LogP contribution in [0.1, 0.15) is 25.3 Å². The van der Waals surface area contributed by atoms with Crippen LogP contribution in [0.4, 0.5) is 4.79 Å². The molecule has 114 valence electrons. The Labute approximate surface area is 124 Å². The summed E-state index contributed by atoms with van der Waals surface area (Å²) in [5.74, 6) is -0.228. The maximum atomic E-state index is 11.9. The van der Waals surface area contributed by atoms with E-state index in [0.29, 0.717) is 0 Å². The molecule has 1 aromatic rings. The minimum absolute atomic E-state index is 0.188. The van der Waals surface area contributed by atoms with E-state index in [9.17, 15) is 9.59 Å². The summed E-state index contributed by atoms with van der Waals surface area (Å²) in [5, 5.41) is 4.39. The topological polar surface area (TPSA) is 70.7 Å². The molecule has 0 aromatic heterocycles. The summed E-state index contributed by atoms with van der Waals surface area (Å²) in [6.07, 6.45) is 1.57. The maximum Gasteiger partial charge on any atom is 0.408 e. The number of ether oxygens (including phenoxy) is 1. The fraction of sp³-hybridized carbons (Fsp3) is 0.467. The molecule has 0 aliphatic carbocycles. The maximum absolute atomic E-state index is 11.9. The van der Waals surface area contributed by atoms with E-state index in [4.69, 9.17) is 4.74 Å². The number of carbonyl (C=O) groups is 2. The van der Waals surface area contributed by atoms with Crippen LogP contribution in [-0.4, -0.2) is 36.1 Å². The third kappa shape index (κ3) is 5.07. The predicted octanol–water partition coefficient (Wildman–Crippen LogP) is 1.43. The second-order valence-electron chi connectivity index (χ2n) is 5.10. The number of carbonyl (C=O) groups excluding carboxylic acids is 2. The average Bonchev–Trinajstić information content (AvgIpc) is 2.99. The molecule has 1 aliphatic rings. The van der Waals surface area contributed by atoms with Crippen molar-refractivity contribution in [3.63, 3.8) is 0 Å². The summed E-state index contributed by atoms with van der Waals surface area (Å²) in [7, 11) is 0. The lowest BCUT2D eigenvalue weighted by molar-refractivity contribution is -0.127. The molecule has 0 bridgehead atoms. The molecule has 2 N–H and O–H groups in total. The summed E-state index contributed by atoms with van der Waals surface area (Å²) in [5.41, 5.74) is 3.69. The Hall–Kier alpha value is -2.08. The van der Waals surface area contributed by atoms with Crippen LogP contribution in [0.15, 0.2) is 30.3 Å². The highest BCUT2D eigenvalue weighted by Crippen LogP contribution is 2.04. The Morgan fingerprint density at radius 2 is 1.90 bits per heavy atom. The highest BCUT2D eigenvalue weighted by molar-refractivity contribution is 5.84. The van der Waals surface area contributed by atoms with Gasteiger partial charge in [0, 0.05) is 13.1 Å². The Balaban J connectivity index is 1.69. The zero-order valence-corrected chi connectivity index (χ0v) is 12.2. The molecule has 1 atom stereocenters. The fourth-order valence-corrected chi connectivity index (χ4v) is 2.09. The van der Waals surface area contributed by atoms with Crippen molar-refractivity contribution in [2.75, 3.05) is 13.1 Å². The van der Waals surface area contributed by atoms with Crippen molar-refractivity contribution in [3.05, 3.63) is 35.9 Å². The number of benzene rings is 1. The second-order valence-corrected chi connectivity index (χ2v) is 5.10. The molecule has 6 nitrogen and oxygen atoms in total. The lowest BCUT2D eigenvalue weighted by Crippen LogP contribution is -2.50. The molecule has 0 radical (unpaired) electrons. The number of nitrogens with zero attached hydrogens (tertiary/aromatic N) is 1. The quantitative estimate of drug-likeness (QED) is 0.861. The monoisotopic (exact) mass is 291 g/mol. The molecular weight excluding hydrogens is 270 g/mol. The van der Waals surface area contributed by atoms with E-state index >= 15 is 0 Å². The van der Waals surface area contributed by atoms with Crippen molar-refractivity contribution in [1.29, 1.82) is 0 Å². The normalized spacial score (nSPS) is 16.2. The molecule has 21 heavy (non-hydrogen) atoms. The SMILES string of the molecule is C[C@H](NC(=O)OCc1ccccc1)C(=O)NN1CCCC1. The van der Waals surface area contributed by atoms with Gasteiger partial charge in [0.05, 0.1) is 0 Å². The molecule has 0 saturated carbocycles. The van der Waals surface area contributed by atoms with E-state index in [1.165, 1.54) is 0 Å². The molecule has 6 heteroatoms. The fourth-order valence-electron chi connectivity index (χ4n) is 2.09. The van der Waals surface area contributed by atoms with Gasteiger partial charge in [-0.3, -0.25) is 10.2 Å². The number of hydrogen-bond acceptors (Lipinski definition) is 4. The van der Waals surface area contributed by atoms with Gasteiger partial charge in [0.15, 0.2) is 0 Å². The van der Waals surface area contributed by atoms with Crippen molar-refractivity contribution in [3.8, 4) is 0 Å². The average molecular weight is 291 g/mol. The smallest absolute Gasteiger partial charge is 0.408 e. The zero-order chi connectivity index (χ0) is 15.1. The molecule has 1 saturated heterocycles. The first kappa shape index (κ1) is 15.3. The third-order valence-electron chi connectivity index (χ3n) is 3.31. The zero-order valence-electron chi connectivity index (χ0n) is 12.2. The molecule has 2 amide bonds. The van der Waals surface area contributed by atoms with Gasteiger partial charge in [-0.1, -0.05) is 30.3 Å². The summed E-state index contributed by atoms with van der Waals surface area (Å²) in [6.45, 7) is 3.54. The number of rotatable bonds is 5. The van der Waals surface area contributed by atoms with Crippen LogP contribution in [0.5, 0.6) is 0 Å². The van der Waals surface area contributed by atoms with Gasteiger partial charge >= 0.3 is 6.09 Å². The highest BCUT2D eigenvalue weighted by Gasteiger charge is 2.20. The van der Waals surface area contributed by atoms with Crippen molar-refractivity contribution in [2.24, 2.45) is 0 Å². The van der Waals surface area contributed by atoms with Crippen LogP contribution in [0, 0.1) is 0 Å². The molecule has 1 aromatic carbocycles. The number of hydrazine groups is 1. The first-order valence-electron chi connectivity index (χ1n) is 7.18. The lowest BCUT2D eigenvalue weighted by atomic mass is 10.2. The Kier molecular flexibility index (Phi) is 5.57. The van der Waals surface area contributed by atoms with Crippen molar-refractivity contribution < 1.29 is 14.3 Å². The number of alkyl carbamates (subject to hydrolysis) is 1. The van der Waals surface area contributed by atoms with E-state index < -0.39 is 12.1 Å². The number of amides is 2. The van der Waals surface area contributed by atoms with Crippen molar-refractivity contribution in [1.82, 2.24) is 15.8 Å². The van der Waals surface area contributed by atoms with Crippen LogP contribution in [0.2, 0.25) is 0 Å². The minimum atomic E-state index is -0.631. The van der Waals surface area contributed by atoms with Gasteiger partial charge in [-0.25, -0.2) is 9.80 Å². The molecule has 2 rings (SSSR count). The van der Waals surface area contributed by atoms with Crippen LogP contribution in [-0.2, 0) is 16.1 Å². The summed E-state index contributed by atoms with van der Waals surface area (Å²) >= 11 is 0. The van der Waals surface area contributed by atoms with Gasteiger partial charge in [0.2, 0.25) is 0 Å². The van der Waals surface area contributed by atoms with Gasteiger partial charge in [0.1, 0.15) is 12.6 Å². The molecular formula is C15H21N3O3.